The number of aryl methyl sites for hydroxylation is 1. The fraction of sp³-hybridized carbons (Fsp3) is 0.235. The summed E-state index contributed by atoms with van der Waals surface area (Å²) in [6.07, 6.45) is 0.820. The van der Waals surface area contributed by atoms with Gasteiger partial charge in [-0.05, 0) is 37.1 Å². The number of hydrogen-bond donors (Lipinski definition) is 1. The van der Waals surface area contributed by atoms with Gasteiger partial charge >= 0.3 is 0 Å². The lowest BCUT2D eigenvalue weighted by Crippen LogP contribution is -2.25. The molecule has 1 aromatic heterocycles. The van der Waals surface area contributed by atoms with E-state index in [2.05, 4.69) is 27.8 Å². The number of fused-ring (bicyclic) bond motifs is 1. The molecule has 1 amide bonds. The van der Waals surface area contributed by atoms with E-state index in [-0.39, 0.29) is 5.91 Å². The highest BCUT2D eigenvalue weighted by Crippen LogP contribution is 2.13. The van der Waals surface area contributed by atoms with Gasteiger partial charge in [-0.15, -0.1) is 5.10 Å². The maximum Gasteiger partial charge on any atom is 0.251 e. The zero-order chi connectivity index (χ0) is 15.4. The first-order valence-corrected chi connectivity index (χ1v) is 7.43. The van der Waals surface area contributed by atoms with Crippen LogP contribution >= 0.6 is 0 Å². The van der Waals surface area contributed by atoms with Crippen LogP contribution in [0.25, 0.3) is 11.0 Å². The molecule has 0 atom stereocenters. The Labute approximate surface area is 129 Å². The molecule has 3 aromatic rings. The monoisotopic (exact) mass is 294 g/mol. The summed E-state index contributed by atoms with van der Waals surface area (Å²) in [5.74, 6) is -0.0797. The minimum Gasteiger partial charge on any atom is -0.352 e. The molecule has 0 aliphatic carbocycles. The first kappa shape index (κ1) is 14.3. The van der Waals surface area contributed by atoms with Gasteiger partial charge in [-0.2, -0.15) is 0 Å². The minimum atomic E-state index is -0.0797. The van der Waals surface area contributed by atoms with Gasteiger partial charge < -0.3 is 5.32 Å². The van der Waals surface area contributed by atoms with Crippen molar-refractivity contribution in [3.8, 4) is 0 Å². The summed E-state index contributed by atoms with van der Waals surface area (Å²) in [5, 5.41) is 11.1. The van der Waals surface area contributed by atoms with Crippen LogP contribution in [0.2, 0.25) is 0 Å². The van der Waals surface area contributed by atoms with Crippen molar-refractivity contribution in [3.05, 3.63) is 59.7 Å². The molecule has 0 unspecified atom stereocenters. The molecule has 0 fully saturated rings. The van der Waals surface area contributed by atoms with E-state index in [1.54, 1.807) is 6.07 Å². The number of nitrogens with one attached hydrogen (secondary N) is 1. The van der Waals surface area contributed by atoms with E-state index in [4.69, 9.17) is 0 Å². The number of aromatic nitrogens is 3. The van der Waals surface area contributed by atoms with Crippen LogP contribution < -0.4 is 5.32 Å². The van der Waals surface area contributed by atoms with Gasteiger partial charge in [-0.1, -0.05) is 35.5 Å². The van der Waals surface area contributed by atoms with Crippen molar-refractivity contribution in [1.82, 2.24) is 20.3 Å². The third-order valence-electron chi connectivity index (χ3n) is 3.62. The summed E-state index contributed by atoms with van der Waals surface area (Å²) in [6.45, 7) is 3.39. The van der Waals surface area contributed by atoms with Gasteiger partial charge in [0.25, 0.3) is 5.91 Å². The molecule has 0 bridgehead atoms. The van der Waals surface area contributed by atoms with E-state index < -0.39 is 0 Å². The van der Waals surface area contributed by atoms with Gasteiger partial charge in [0, 0.05) is 18.7 Å². The standard InChI is InChI=1S/C17H18N4O/c1-2-21-16-9-8-14(12-15(16)19-20-21)17(22)18-11-10-13-6-4-3-5-7-13/h3-9,12H,2,10-11H2,1H3,(H,18,22). The molecule has 1 heterocycles. The Morgan fingerprint density at radius 1 is 1.18 bits per heavy atom. The first-order chi connectivity index (χ1) is 10.8. The van der Waals surface area contributed by atoms with Crippen LogP contribution in [0.3, 0.4) is 0 Å². The second-order valence-electron chi connectivity index (χ2n) is 5.10. The van der Waals surface area contributed by atoms with Crippen LogP contribution in [-0.4, -0.2) is 27.4 Å². The van der Waals surface area contributed by atoms with E-state index in [1.807, 2.05) is 41.9 Å². The van der Waals surface area contributed by atoms with Crippen LogP contribution in [0, 0.1) is 0 Å². The molecule has 3 rings (SSSR count). The molecule has 22 heavy (non-hydrogen) atoms. The largest absolute Gasteiger partial charge is 0.352 e. The lowest BCUT2D eigenvalue weighted by molar-refractivity contribution is 0.0954. The van der Waals surface area contributed by atoms with Crippen LogP contribution in [-0.2, 0) is 13.0 Å². The fourth-order valence-electron chi connectivity index (χ4n) is 2.41. The molecule has 5 heteroatoms. The molecular formula is C17H18N4O. The predicted octanol–water partition coefficient (Wildman–Crippen LogP) is 2.42. The van der Waals surface area contributed by atoms with Crippen molar-refractivity contribution in [2.24, 2.45) is 0 Å². The summed E-state index contributed by atoms with van der Waals surface area (Å²) < 4.78 is 1.81. The molecule has 0 aliphatic rings. The van der Waals surface area contributed by atoms with E-state index >= 15 is 0 Å². The van der Waals surface area contributed by atoms with Gasteiger partial charge in [0.1, 0.15) is 5.52 Å². The molecular weight excluding hydrogens is 276 g/mol. The smallest absolute Gasteiger partial charge is 0.251 e. The van der Waals surface area contributed by atoms with Crippen LogP contribution in [0.1, 0.15) is 22.8 Å². The summed E-state index contributed by atoms with van der Waals surface area (Å²) in [4.78, 5) is 12.2. The SMILES string of the molecule is CCn1nnc2cc(C(=O)NCCc3ccccc3)ccc21. The molecule has 2 aromatic carbocycles. The number of rotatable bonds is 5. The summed E-state index contributed by atoms with van der Waals surface area (Å²) in [6, 6.07) is 15.6. The average Bonchev–Trinajstić information content (AvgIpc) is 2.98. The Hall–Kier alpha value is -2.69. The Bertz CT molecular complexity index is 780. The van der Waals surface area contributed by atoms with Crippen molar-refractivity contribution < 1.29 is 4.79 Å². The predicted molar refractivity (Wildman–Crippen MR) is 85.7 cm³/mol. The number of benzene rings is 2. The van der Waals surface area contributed by atoms with E-state index in [1.165, 1.54) is 5.56 Å². The van der Waals surface area contributed by atoms with Crippen molar-refractivity contribution in [1.29, 1.82) is 0 Å². The molecule has 0 spiro atoms. The normalized spacial score (nSPS) is 10.8. The van der Waals surface area contributed by atoms with Gasteiger partial charge in [-0.3, -0.25) is 4.79 Å². The van der Waals surface area contributed by atoms with Gasteiger partial charge in [0.2, 0.25) is 0 Å². The second kappa shape index (κ2) is 6.39. The average molecular weight is 294 g/mol. The highest BCUT2D eigenvalue weighted by molar-refractivity contribution is 5.97. The Morgan fingerprint density at radius 3 is 2.77 bits per heavy atom. The second-order valence-corrected chi connectivity index (χ2v) is 5.10. The molecule has 5 nitrogen and oxygen atoms in total. The van der Waals surface area contributed by atoms with Gasteiger partial charge in [0.05, 0.1) is 5.52 Å². The molecule has 0 aliphatic heterocycles. The fourth-order valence-corrected chi connectivity index (χ4v) is 2.41. The van der Waals surface area contributed by atoms with E-state index in [0.29, 0.717) is 12.1 Å². The molecule has 0 saturated heterocycles. The lowest BCUT2D eigenvalue weighted by atomic mass is 10.1. The van der Waals surface area contributed by atoms with Crippen molar-refractivity contribution in [2.75, 3.05) is 6.54 Å². The minimum absolute atomic E-state index is 0.0797. The number of hydrogen-bond acceptors (Lipinski definition) is 3. The Balaban J connectivity index is 1.65. The topological polar surface area (TPSA) is 59.8 Å². The number of amides is 1. The Kier molecular flexibility index (Phi) is 4.14. The molecule has 112 valence electrons. The highest BCUT2D eigenvalue weighted by Gasteiger charge is 2.09. The quantitative estimate of drug-likeness (QED) is 0.786. The highest BCUT2D eigenvalue weighted by atomic mass is 16.1. The van der Waals surface area contributed by atoms with E-state index in [9.17, 15) is 4.79 Å². The van der Waals surface area contributed by atoms with Gasteiger partial charge in [0.15, 0.2) is 0 Å². The van der Waals surface area contributed by atoms with Crippen molar-refractivity contribution in [2.45, 2.75) is 19.9 Å². The zero-order valence-electron chi connectivity index (χ0n) is 12.5. The van der Waals surface area contributed by atoms with Crippen LogP contribution in [0.4, 0.5) is 0 Å². The summed E-state index contributed by atoms with van der Waals surface area (Å²) in [7, 11) is 0. The Morgan fingerprint density at radius 2 is 2.00 bits per heavy atom. The van der Waals surface area contributed by atoms with Crippen LogP contribution in [0.15, 0.2) is 48.5 Å². The first-order valence-electron chi connectivity index (χ1n) is 7.43. The van der Waals surface area contributed by atoms with Crippen molar-refractivity contribution >= 4 is 16.9 Å². The zero-order valence-corrected chi connectivity index (χ0v) is 12.5. The molecule has 1 N–H and O–H groups in total. The third-order valence-corrected chi connectivity index (χ3v) is 3.62. The molecule has 0 radical (unpaired) electrons. The summed E-state index contributed by atoms with van der Waals surface area (Å²) in [5.41, 5.74) is 3.52. The number of carbonyl (C=O) groups is 1. The summed E-state index contributed by atoms with van der Waals surface area (Å²) >= 11 is 0. The number of carbonyl (C=O) groups excluding carboxylic acids is 1. The maximum atomic E-state index is 12.2. The maximum absolute atomic E-state index is 12.2. The third kappa shape index (κ3) is 2.98. The molecule has 0 saturated carbocycles. The van der Waals surface area contributed by atoms with Gasteiger partial charge in [-0.25, -0.2) is 4.68 Å². The van der Waals surface area contributed by atoms with Crippen molar-refractivity contribution in [3.63, 3.8) is 0 Å². The van der Waals surface area contributed by atoms with Crippen LogP contribution in [0.5, 0.6) is 0 Å². The number of nitrogens with zero attached hydrogens (tertiary/aromatic N) is 3. The van der Waals surface area contributed by atoms with E-state index in [0.717, 1.165) is 24.0 Å². The lowest BCUT2D eigenvalue weighted by Gasteiger charge is -2.05.